The highest BCUT2D eigenvalue weighted by Gasteiger charge is 2.71. The van der Waals surface area contributed by atoms with Crippen molar-refractivity contribution in [2.24, 2.45) is 11.8 Å². The summed E-state index contributed by atoms with van der Waals surface area (Å²) in [5.41, 5.74) is 1.30. The number of aromatic nitrogens is 1. The van der Waals surface area contributed by atoms with Crippen molar-refractivity contribution in [2.45, 2.75) is 5.41 Å². The zero-order chi connectivity index (χ0) is 18.1. The maximum atomic E-state index is 12.8. The van der Waals surface area contributed by atoms with Gasteiger partial charge in [-0.2, -0.15) is 4.37 Å². The Morgan fingerprint density at radius 3 is 2.27 bits per heavy atom. The lowest BCUT2D eigenvalue weighted by atomic mass is 9.94. The largest absolute Gasteiger partial charge is 0.465 e. The molecule has 1 aromatic carbocycles. The van der Waals surface area contributed by atoms with Crippen LogP contribution in [0.25, 0.3) is 0 Å². The number of carbonyl (C=O) groups is 3. The Balaban J connectivity index is 1.48. The molecule has 0 unspecified atom stereocenters. The lowest BCUT2D eigenvalue weighted by Gasteiger charge is -2.27. The highest BCUT2D eigenvalue weighted by atomic mass is 32.1. The summed E-state index contributed by atoms with van der Waals surface area (Å²) in [4.78, 5) is 39.5. The van der Waals surface area contributed by atoms with Crippen LogP contribution >= 0.6 is 11.5 Å². The molecule has 3 amide bonds. The first-order chi connectivity index (χ1) is 12.5. The molecule has 3 heterocycles. The van der Waals surface area contributed by atoms with Crippen LogP contribution < -0.4 is 0 Å². The number of fused-ring (bicyclic) bond motifs is 2. The van der Waals surface area contributed by atoms with E-state index in [1.54, 1.807) is 24.3 Å². The van der Waals surface area contributed by atoms with Gasteiger partial charge in [0.15, 0.2) is 0 Å². The zero-order valence-corrected chi connectivity index (χ0v) is 14.5. The molecule has 26 heavy (non-hydrogen) atoms. The summed E-state index contributed by atoms with van der Waals surface area (Å²) in [6.45, 7) is 1.09. The maximum absolute atomic E-state index is 12.8. The summed E-state index contributed by atoms with van der Waals surface area (Å²) < 4.78 is 4.47. The summed E-state index contributed by atoms with van der Waals surface area (Å²) in [6.07, 6.45) is -0.926. The van der Waals surface area contributed by atoms with E-state index in [4.69, 9.17) is 0 Å². The second kappa shape index (κ2) is 5.14. The average molecular weight is 369 g/mol. The standard InChI is InChI=1S/C18H15N3O4S/c22-15-10-3-1-2-4-11(10)16(23)21(15)9-18(14-5-6-26-19-14)12-7-20(17(24)25)8-13(12)18/h1-6,12-13H,7-9H2,(H,24,25)/t12-,13+,18-. The first kappa shape index (κ1) is 15.5. The smallest absolute Gasteiger partial charge is 0.407 e. The fourth-order valence-electron chi connectivity index (χ4n) is 4.68. The molecule has 1 N–H and O–H groups in total. The van der Waals surface area contributed by atoms with Gasteiger partial charge in [-0.3, -0.25) is 14.5 Å². The molecule has 2 aromatic rings. The van der Waals surface area contributed by atoms with E-state index in [1.165, 1.54) is 21.3 Å². The zero-order valence-electron chi connectivity index (χ0n) is 13.7. The highest BCUT2D eigenvalue weighted by Crippen LogP contribution is 2.63. The van der Waals surface area contributed by atoms with Crippen LogP contribution in [0.2, 0.25) is 0 Å². The van der Waals surface area contributed by atoms with Crippen LogP contribution in [0.4, 0.5) is 4.79 Å². The summed E-state index contributed by atoms with van der Waals surface area (Å²) in [7, 11) is 0. The minimum absolute atomic E-state index is 0.0880. The van der Waals surface area contributed by atoms with Crippen molar-refractivity contribution < 1.29 is 19.5 Å². The Kier molecular flexibility index (Phi) is 3.06. The molecule has 2 fully saturated rings. The molecular formula is C18H15N3O4S. The molecule has 3 atom stereocenters. The van der Waals surface area contributed by atoms with Gasteiger partial charge in [0.2, 0.25) is 0 Å². The van der Waals surface area contributed by atoms with Gasteiger partial charge < -0.3 is 10.0 Å². The molecule has 0 radical (unpaired) electrons. The number of hydrogen-bond acceptors (Lipinski definition) is 5. The van der Waals surface area contributed by atoms with Gasteiger partial charge in [0.05, 0.1) is 16.8 Å². The Bertz CT molecular complexity index is 895. The molecule has 1 aromatic heterocycles. The minimum atomic E-state index is -0.926. The van der Waals surface area contributed by atoms with E-state index in [0.29, 0.717) is 24.2 Å². The van der Waals surface area contributed by atoms with Gasteiger partial charge in [0, 0.05) is 30.4 Å². The number of amides is 3. The van der Waals surface area contributed by atoms with Crippen molar-refractivity contribution in [1.29, 1.82) is 0 Å². The normalized spacial score (nSPS) is 29.1. The number of imide groups is 1. The number of piperidine rings is 1. The van der Waals surface area contributed by atoms with Crippen LogP contribution in [0, 0.1) is 11.8 Å². The predicted octanol–water partition coefficient (Wildman–Crippen LogP) is 1.92. The van der Waals surface area contributed by atoms with Crippen molar-refractivity contribution in [1.82, 2.24) is 14.2 Å². The number of nitrogens with zero attached hydrogens (tertiary/aromatic N) is 3. The van der Waals surface area contributed by atoms with E-state index in [0.717, 1.165) is 5.69 Å². The van der Waals surface area contributed by atoms with E-state index in [1.807, 2.05) is 11.4 Å². The Labute approximate surface area is 153 Å². The van der Waals surface area contributed by atoms with Crippen molar-refractivity contribution in [3.05, 3.63) is 52.5 Å². The third kappa shape index (κ3) is 1.87. The third-order valence-electron chi connectivity index (χ3n) is 6.02. The topological polar surface area (TPSA) is 90.8 Å². The number of benzene rings is 1. The second-order valence-corrected chi connectivity index (χ2v) is 7.73. The summed E-state index contributed by atoms with van der Waals surface area (Å²) in [5, 5.41) is 11.1. The van der Waals surface area contributed by atoms with Crippen LogP contribution in [-0.4, -0.2) is 56.8 Å². The quantitative estimate of drug-likeness (QED) is 0.835. The van der Waals surface area contributed by atoms with E-state index >= 15 is 0 Å². The van der Waals surface area contributed by atoms with E-state index in [2.05, 4.69) is 4.37 Å². The van der Waals surface area contributed by atoms with E-state index in [9.17, 15) is 19.5 Å². The maximum Gasteiger partial charge on any atom is 0.407 e. The highest BCUT2D eigenvalue weighted by molar-refractivity contribution is 7.03. The Morgan fingerprint density at radius 1 is 1.15 bits per heavy atom. The summed E-state index contributed by atoms with van der Waals surface area (Å²) >= 11 is 1.33. The Hall–Kier alpha value is -2.74. The van der Waals surface area contributed by atoms with Crippen molar-refractivity contribution >= 4 is 29.4 Å². The fourth-order valence-corrected chi connectivity index (χ4v) is 5.28. The van der Waals surface area contributed by atoms with E-state index < -0.39 is 11.5 Å². The minimum Gasteiger partial charge on any atom is -0.465 e. The molecule has 0 spiro atoms. The first-order valence-corrected chi connectivity index (χ1v) is 9.21. The van der Waals surface area contributed by atoms with Crippen LogP contribution in [0.5, 0.6) is 0 Å². The molecule has 2 aliphatic heterocycles. The molecule has 3 aliphatic rings. The molecular weight excluding hydrogens is 354 g/mol. The predicted molar refractivity (Wildman–Crippen MR) is 92.2 cm³/mol. The molecule has 1 aliphatic carbocycles. The van der Waals surface area contributed by atoms with Gasteiger partial charge in [-0.25, -0.2) is 4.79 Å². The van der Waals surface area contributed by atoms with Crippen LogP contribution in [-0.2, 0) is 5.41 Å². The molecule has 1 saturated carbocycles. The fraction of sp³-hybridized carbons (Fsp3) is 0.333. The number of carboxylic acid groups (broad SMARTS) is 1. The van der Waals surface area contributed by atoms with Gasteiger partial charge >= 0.3 is 6.09 Å². The van der Waals surface area contributed by atoms with Crippen LogP contribution in [0.1, 0.15) is 26.4 Å². The van der Waals surface area contributed by atoms with Gasteiger partial charge in [-0.05, 0) is 41.6 Å². The molecule has 0 bridgehead atoms. The van der Waals surface area contributed by atoms with Crippen molar-refractivity contribution in [2.75, 3.05) is 19.6 Å². The third-order valence-corrected chi connectivity index (χ3v) is 6.58. The van der Waals surface area contributed by atoms with Gasteiger partial charge in [-0.15, -0.1) is 0 Å². The molecule has 5 rings (SSSR count). The van der Waals surface area contributed by atoms with Gasteiger partial charge in [-0.1, -0.05) is 12.1 Å². The number of rotatable bonds is 3. The van der Waals surface area contributed by atoms with Crippen LogP contribution in [0.3, 0.4) is 0 Å². The Morgan fingerprint density at radius 2 is 1.77 bits per heavy atom. The van der Waals surface area contributed by atoms with Crippen molar-refractivity contribution in [3.8, 4) is 0 Å². The van der Waals surface area contributed by atoms with Crippen LogP contribution in [0.15, 0.2) is 35.7 Å². The monoisotopic (exact) mass is 369 g/mol. The summed E-state index contributed by atoms with van der Waals surface area (Å²) in [6, 6.07) is 8.77. The van der Waals surface area contributed by atoms with Gasteiger partial charge in [0.1, 0.15) is 0 Å². The van der Waals surface area contributed by atoms with Crippen molar-refractivity contribution in [3.63, 3.8) is 0 Å². The second-order valence-electron chi connectivity index (χ2n) is 7.07. The number of carbonyl (C=O) groups excluding carboxylic acids is 2. The number of likely N-dealkylation sites (tertiary alicyclic amines) is 1. The van der Waals surface area contributed by atoms with E-state index in [-0.39, 0.29) is 30.2 Å². The lowest BCUT2D eigenvalue weighted by Crippen LogP contribution is -2.43. The summed E-state index contributed by atoms with van der Waals surface area (Å²) in [5.74, 6) is -0.379. The molecule has 7 nitrogen and oxygen atoms in total. The lowest BCUT2D eigenvalue weighted by molar-refractivity contribution is 0.0623. The molecule has 1 saturated heterocycles. The number of hydrogen-bond donors (Lipinski definition) is 1. The molecule has 8 heteroatoms. The average Bonchev–Trinajstić information content (AvgIpc) is 3.15. The van der Waals surface area contributed by atoms with Gasteiger partial charge in [0.25, 0.3) is 11.8 Å². The molecule has 132 valence electrons. The first-order valence-electron chi connectivity index (χ1n) is 8.38. The SMILES string of the molecule is O=C(O)N1C[C@@H]2[C@H](C1)[C@]2(CN1C(=O)c2ccccc2C1=O)c1ccsn1.